The molecule has 1 saturated heterocycles. The Morgan fingerprint density at radius 2 is 2.08 bits per heavy atom. The summed E-state index contributed by atoms with van der Waals surface area (Å²) in [6.07, 6.45) is 0.355. The fourth-order valence-corrected chi connectivity index (χ4v) is 4.45. The van der Waals surface area contributed by atoms with Gasteiger partial charge in [-0.3, -0.25) is 4.79 Å². The minimum absolute atomic E-state index is 0.0439. The average Bonchev–Trinajstić information content (AvgIpc) is 2.92. The first-order chi connectivity index (χ1) is 12.3. The molecule has 1 heterocycles. The summed E-state index contributed by atoms with van der Waals surface area (Å²) in [6, 6.07) is 2.31. The third-order valence-electron chi connectivity index (χ3n) is 3.69. The van der Waals surface area contributed by atoms with Crippen LogP contribution in [0, 0.1) is 0 Å². The third-order valence-corrected chi connectivity index (χ3v) is 5.73. The highest BCUT2D eigenvalue weighted by Gasteiger charge is 2.29. The van der Waals surface area contributed by atoms with Crippen LogP contribution in [0.3, 0.4) is 0 Å². The molecule has 0 spiro atoms. The second kappa shape index (κ2) is 8.59. The number of methoxy groups -OCH3 is 1. The fraction of sp³-hybridized carbons (Fsp3) is 0.500. The third kappa shape index (κ3) is 5.25. The van der Waals surface area contributed by atoms with Gasteiger partial charge in [0.05, 0.1) is 35.8 Å². The zero-order chi connectivity index (χ0) is 19.3. The molecule has 0 radical (unpaired) electrons. The highest BCUT2D eigenvalue weighted by molar-refractivity contribution is 7.91. The number of sulfone groups is 1. The molecule has 1 amide bonds. The lowest BCUT2D eigenvalue weighted by atomic mass is 10.2. The number of ether oxygens (including phenoxy) is 3. The van der Waals surface area contributed by atoms with Crippen molar-refractivity contribution < 1.29 is 32.2 Å². The molecule has 0 unspecified atom stereocenters. The van der Waals surface area contributed by atoms with E-state index in [1.807, 2.05) is 0 Å². The Kier molecular flexibility index (Phi) is 6.71. The molecule has 0 saturated carbocycles. The predicted octanol–water partition coefficient (Wildman–Crippen LogP) is 1.21. The van der Waals surface area contributed by atoms with Crippen LogP contribution in [-0.4, -0.2) is 58.2 Å². The van der Waals surface area contributed by atoms with Crippen molar-refractivity contribution in [2.45, 2.75) is 19.4 Å². The number of carbonyl (C=O) groups excluding carboxylic acids is 2. The van der Waals surface area contributed by atoms with Gasteiger partial charge >= 0.3 is 5.97 Å². The van der Waals surface area contributed by atoms with E-state index in [2.05, 4.69) is 5.32 Å². The van der Waals surface area contributed by atoms with E-state index in [1.54, 1.807) is 6.92 Å². The Bertz CT molecular complexity index is 794. The smallest absolute Gasteiger partial charge is 0.338 e. The molecule has 1 aromatic rings. The normalized spacial score (nSPS) is 18.2. The number of hydrogen-bond donors (Lipinski definition) is 1. The molecule has 8 nitrogen and oxygen atoms in total. The lowest BCUT2D eigenvalue weighted by molar-refractivity contribution is -0.124. The summed E-state index contributed by atoms with van der Waals surface area (Å²) in [7, 11) is -1.69. The van der Waals surface area contributed by atoms with Crippen molar-refractivity contribution in [2.75, 3.05) is 31.8 Å². The Hall–Kier alpha value is -2.00. The maximum atomic E-state index is 12.1. The minimum Gasteiger partial charge on any atom is -0.493 e. The number of esters is 1. The number of nitrogens with one attached hydrogen (secondary N) is 1. The van der Waals surface area contributed by atoms with Crippen LogP contribution in [0.15, 0.2) is 12.1 Å². The molecule has 26 heavy (non-hydrogen) atoms. The molecule has 1 fully saturated rings. The van der Waals surface area contributed by atoms with E-state index in [9.17, 15) is 18.0 Å². The van der Waals surface area contributed by atoms with Crippen LogP contribution in [0.25, 0.3) is 0 Å². The van der Waals surface area contributed by atoms with E-state index >= 15 is 0 Å². The first-order valence-corrected chi connectivity index (χ1v) is 10.1. The van der Waals surface area contributed by atoms with Crippen molar-refractivity contribution in [3.05, 3.63) is 22.7 Å². The average molecular weight is 406 g/mol. The van der Waals surface area contributed by atoms with Crippen molar-refractivity contribution in [2.24, 2.45) is 0 Å². The van der Waals surface area contributed by atoms with E-state index in [0.717, 1.165) is 0 Å². The van der Waals surface area contributed by atoms with Crippen LogP contribution in [0.1, 0.15) is 23.7 Å². The molecule has 144 valence electrons. The van der Waals surface area contributed by atoms with Crippen molar-refractivity contribution in [3.8, 4) is 11.5 Å². The second-order valence-corrected chi connectivity index (χ2v) is 8.30. The Morgan fingerprint density at radius 3 is 2.65 bits per heavy atom. The summed E-state index contributed by atoms with van der Waals surface area (Å²) in [5, 5.41) is 2.71. The van der Waals surface area contributed by atoms with Crippen LogP contribution < -0.4 is 14.8 Å². The van der Waals surface area contributed by atoms with Gasteiger partial charge in [0.15, 0.2) is 27.9 Å². The zero-order valence-corrected chi connectivity index (χ0v) is 16.0. The first-order valence-electron chi connectivity index (χ1n) is 7.93. The second-order valence-electron chi connectivity index (χ2n) is 5.67. The SMILES string of the molecule is CCOc1c(Cl)cc(C(=O)OCC(=O)N[C@@H]2CCS(=O)(=O)C2)cc1OC. The Labute approximate surface area is 156 Å². The zero-order valence-electron chi connectivity index (χ0n) is 14.4. The molecular weight excluding hydrogens is 386 g/mol. The van der Waals surface area contributed by atoms with Gasteiger partial charge in [0.1, 0.15) is 0 Å². The number of amides is 1. The van der Waals surface area contributed by atoms with Gasteiger partial charge in [0, 0.05) is 6.04 Å². The van der Waals surface area contributed by atoms with Gasteiger partial charge in [-0.2, -0.15) is 0 Å². The first kappa shape index (κ1) is 20.3. The maximum absolute atomic E-state index is 12.1. The molecule has 0 aliphatic carbocycles. The topological polar surface area (TPSA) is 108 Å². The summed E-state index contributed by atoms with van der Waals surface area (Å²) in [6.45, 7) is 1.63. The quantitative estimate of drug-likeness (QED) is 0.679. The number of rotatable bonds is 7. The summed E-state index contributed by atoms with van der Waals surface area (Å²) in [4.78, 5) is 23.9. The molecule has 1 aromatic carbocycles. The van der Waals surface area contributed by atoms with Crippen LogP contribution in [0.5, 0.6) is 11.5 Å². The molecule has 1 aliphatic heterocycles. The predicted molar refractivity (Wildman–Crippen MR) is 94.7 cm³/mol. The van der Waals surface area contributed by atoms with E-state index in [4.69, 9.17) is 25.8 Å². The Balaban J connectivity index is 1.95. The van der Waals surface area contributed by atoms with Crippen LogP contribution in [0.2, 0.25) is 5.02 Å². The van der Waals surface area contributed by atoms with Crippen molar-refractivity contribution in [3.63, 3.8) is 0 Å². The number of benzene rings is 1. The van der Waals surface area contributed by atoms with Crippen molar-refractivity contribution in [1.29, 1.82) is 0 Å². The van der Waals surface area contributed by atoms with Crippen LogP contribution in [0.4, 0.5) is 0 Å². The monoisotopic (exact) mass is 405 g/mol. The highest BCUT2D eigenvalue weighted by Crippen LogP contribution is 2.36. The van der Waals surface area contributed by atoms with E-state index in [-0.39, 0.29) is 27.8 Å². The van der Waals surface area contributed by atoms with Gasteiger partial charge < -0.3 is 19.5 Å². The van der Waals surface area contributed by atoms with Gasteiger partial charge in [-0.05, 0) is 25.5 Å². The fourth-order valence-electron chi connectivity index (χ4n) is 2.51. The molecule has 1 aliphatic rings. The highest BCUT2D eigenvalue weighted by atomic mass is 35.5. The summed E-state index contributed by atoms with van der Waals surface area (Å²) < 4.78 is 38.2. The van der Waals surface area contributed by atoms with E-state index in [0.29, 0.717) is 18.8 Å². The lowest BCUT2D eigenvalue weighted by Gasteiger charge is -2.13. The van der Waals surface area contributed by atoms with Gasteiger partial charge in [-0.25, -0.2) is 13.2 Å². The van der Waals surface area contributed by atoms with Crippen molar-refractivity contribution in [1.82, 2.24) is 5.32 Å². The van der Waals surface area contributed by atoms with E-state index in [1.165, 1.54) is 19.2 Å². The summed E-state index contributed by atoms with van der Waals surface area (Å²) in [5.41, 5.74) is 0.103. The maximum Gasteiger partial charge on any atom is 0.338 e. The molecular formula is C16H20ClNO7S. The van der Waals surface area contributed by atoms with Gasteiger partial charge in [-0.15, -0.1) is 0 Å². The molecule has 1 N–H and O–H groups in total. The molecule has 2 rings (SSSR count). The van der Waals surface area contributed by atoms with Gasteiger partial charge in [-0.1, -0.05) is 11.6 Å². The van der Waals surface area contributed by atoms with Gasteiger partial charge in [0.2, 0.25) is 0 Å². The van der Waals surface area contributed by atoms with Gasteiger partial charge in [0.25, 0.3) is 5.91 Å². The number of carbonyl (C=O) groups is 2. The molecule has 0 aromatic heterocycles. The molecule has 10 heteroatoms. The summed E-state index contributed by atoms with van der Waals surface area (Å²) >= 11 is 6.09. The lowest BCUT2D eigenvalue weighted by Crippen LogP contribution is -2.38. The summed E-state index contributed by atoms with van der Waals surface area (Å²) in [5.74, 6) is -0.798. The number of halogens is 1. The molecule has 1 atom stereocenters. The number of hydrogen-bond acceptors (Lipinski definition) is 7. The molecule has 0 bridgehead atoms. The minimum atomic E-state index is -3.10. The van der Waals surface area contributed by atoms with Crippen molar-refractivity contribution >= 4 is 33.3 Å². The van der Waals surface area contributed by atoms with E-state index < -0.39 is 34.4 Å². The largest absolute Gasteiger partial charge is 0.493 e. The van der Waals surface area contributed by atoms with Crippen LogP contribution in [-0.2, 0) is 19.4 Å². The standard InChI is InChI=1S/C16H20ClNO7S/c1-3-24-15-12(17)6-10(7-13(15)23-2)16(20)25-8-14(19)18-11-4-5-26(21,22)9-11/h6-7,11H,3-5,8-9H2,1-2H3,(H,18,19)/t11-/m1/s1. The Morgan fingerprint density at radius 1 is 1.35 bits per heavy atom. The van der Waals surface area contributed by atoms with Crippen LogP contribution >= 0.6 is 11.6 Å².